The highest BCUT2D eigenvalue weighted by atomic mass is 32.1. The van der Waals surface area contributed by atoms with Crippen LogP contribution in [0.5, 0.6) is 0 Å². The molecule has 1 aromatic rings. The fraction of sp³-hybridized carbons (Fsp3) is 0.750. The lowest BCUT2D eigenvalue weighted by molar-refractivity contribution is -0.118. The number of rotatable bonds is 4. The van der Waals surface area contributed by atoms with Gasteiger partial charge in [-0.25, -0.2) is 9.78 Å². The number of nitrogens with one attached hydrogen (secondary N) is 1. The number of hydrogen-bond donors (Lipinski definition) is 1. The van der Waals surface area contributed by atoms with Gasteiger partial charge in [0.2, 0.25) is 0 Å². The standard InChI is InChI=1S/C16H26N4O2S/c1-19(2)15(21)18-10-13-4-3-5-16(22-13)6-8-20(12-16)11-14-17-7-9-23-14/h7,9,13H,3-6,8,10-12H2,1-2H3,(H,18,21)/t13-,16-/m1/s1. The van der Waals surface area contributed by atoms with E-state index in [0.29, 0.717) is 6.54 Å². The van der Waals surface area contributed by atoms with Crippen molar-refractivity contribution >= 4 is 17.4 Å². The zero-order valence-corrected chi connectivity index (χ0v) is 14.8. The molecular formula is C16H26N4O2S. The van der Waals surface area contributed by atoms with Gasteiger partial charge in [-0.3, -0.25) is 4.90 Å². The largest absolute Gasteiger partial charge is 0.369 e. The number of aromatic nitrogens is 1. The Morgan fingerprint density at radius 3 is 3.17 bits per heavy atom. The normalized spacial score (nSPS) is 28.2. The molecule has 1 N–H and O–H groups in total. The molecule has 0 radical (unpaired) electrons. The molecule has 1 spiro atoms. The second-order valence-electron chi connectivity index (χ2n) is 6.78. The van der Waals surface area contributed by atoms with Crippen LogP contribution in [0, 0.1) is 0 Å². The van der Waals surface area contributed by atoms with Crippen molar-refractivity contribution in [3.05, 3.63) is 16.6 Å². The van der Waals surface area contributed by atoms with E-state index < -0.39 is 0 Å². The molecule has 128 valence electrons. The summed E-state index contributed by atoms with van der Waals surface area (Å²) in [6.07, 6.45) is 6.41. The summed E-state index contributed by atoms with van der Waals surface area (Å²) in [5.74, 6) is 0. The van der Waals surface area contributed by atoms with Crippen molar-refractivity contribution in [2.45, 2.75) is 43.9 Å². The third kappa shape index (κ3) is 4.22. The van der Waals surface area contributed by atoms with E-state index in [2.05, 4.69) is 15.2 Å². The molecule has 3 rings (SSSR count). The Labute approximate surface area is 141 Å². The number of amides is 2. The van der Waals surface area contributed by atoms with E-state index in [1.165, 1.54) is 11.4 Å². The van der Waals surface area contributed by atoms with Gasteiger partial charge in [0, 0.05) is 45.3 Å². The monoisotopic (exact) mass is 338 g/mol. The van der Waals surface area contributed by atoms with Gasteiger partial charge >= 0.3 is 6.03 Å². The number of carbonyl (C=O) groups excluding carboxylic acids is 1. The molecule has 2 aliphatic rings. The first-order valence-corrected chi connectivity index (χ1v) is 9.18. The van der Waals surface area contributed by atoms with Crippen LogP contribution in [0.15, 0.2) is 11.6 Å². The topological polar surface area (TPSA) is 57.7 Å². The molecule has 6 nitrogen and oxygen atoms in total. The van der Waals surface area contributed by atoms with Gasteiger partial charge in [-0.1, -0.05) is 0 Å². The average Bonchev–Trinajstić information content (AvgIpc) is 3.16. The first kappa shape index (κ1) is 16.7. The molecule has 2 saturated heterocycles. The summed E-state index contributed by atoms with van der Waals surface area (Å²) in [6, 6.07) is -0.0509. The fourth-order valence-electron chi connectivity index (χ4n) is 3.51. The summed E-state index contributed by atoms with van der Waals surface area (Å²) in [5, 5.41) is 6.15. The Bertz CT molecular complexity index is 522. The van der Waals surface area contributed by atoms with E-state index in [9.17, 15) is 4.79 Å². The minimum absolute atomic E-state index is 0.0248. The van der Waals surface area contributed by atoms with Crippen LogP contribution >= 0.6 is 11.3 Å². The fourth-order valence-corrected chi connectivity index (χ4v) is 4.17. The van der Waals surface area contributed by atoms with E-state index >= 15 is 0 Å². The maximum Gasteiger partial charge on any atom is 0.316 e. The third-order valence-corrected chi connectivity index (χ3v) is 5.46. The van der Waals surface area contributed by atoms with Gasteiger partial charge in [0.25, 0.3) is 0 Å². The van der Waals surface area contributed by atoms with Gasteiger partial charge in [-0.05, 0) is 25.7 Å². The number of ether oxygens (including phenoxy) is 1. The van der Waals surface area contributed by atoms with Crippen LogP contribution in [0.1, 0.15) is 30.7 Å². The quantitative estimate of drug-likeness (QED) is 0.911. The lowest BCUT2D eigenvalue weighted by Crippen LogP contribution is -2.48. The van der Waals surface area contributed by atoms with E-state index in [1.54, 1.807) is 30.3 Å². The molecule has 2 atom stereocenters. The summed E-state index contributed by atoms with van der Waals surface area (Å²) >= 11 is 1.71. The third-order valence-electron chi connectivity index (χ3n) is 4.70. The number of thiazole rings is 1. The maximum absolute atomic E-state index is 11.7. The average molecular weight is 338 g/mol. The van der Waals surface area contributed by atoms with Crippen molar-refractivity contribution in [2.75, 3.05) is 33.7 Å². The van der Waals surface area contributed by atoms with Crippen LogP contribution in [0.2, 0.25) is 0 Å². The van der Waals surface area contributed by atoms with Crippen molar-refractivity contribution < 1.29 is 9.53 Å². The highest BCUT2D eigenvalue weighted by Crippen LogP contribution is 2.37. The van der Waals surface area contributed by atoms with E-state index in [1.807, 2.05) is 11.6 Å². The van der Waals surface area contributed by atoms with Gasteiger partial charge in [0.15, 0.2) is 0 Å². The van der Waals surface area contributed by atoms with Crippen LogP contribution < -0.4 is 5.32 Å². The zero-order valence-electron chi connectivity index (χ0n) is 14.0. The molecule has 0 saturated carbocycles. The second-order valence-corrected chi connectivity index (χ2v) is 7.76. The molecule has 0 aromatic carbocycles. The van der Waals surface area contributed by atoms with Crippen molar-refractivity contribution in [3.63, 3.8) is 0 Å². The molecule has 3 heterocycles. The van der Waals surface area contributed by atoms with Crippen molar-refractivity contribution in [1.82, 2.24) is 20.1 Å². The van der Waals surface area contributed by atoms with Gasteiger partial charge in [-0.2, -0.15) is 0 Å². The molecule has 2 amide bonds. The lowest BCUT2D eigenvalue weighted by atomic mass is 9.90. The van der Waals surface area contributed by atoms with Gasteiger partial charge in [0.1, 0.15) is 5.01 Å². The molecule has 2 fully saturated rings. The van der Waals surface area contributed by atoms with Crippen LogP contribution in [-0.2, 0) is 11.3 Å². The van der Waals surface area contributed by atoms with Gasteiger partial charge in [0.05, 0.1) is 18.2 Å². The summed E-state index contributed by atoms with van der Waals surface area (Å²) in [5.41, 5.74) is -0.0248. The van der Waals surface area contributed by atoms with Gasteiger partial charge < -0.3 is 15.0 Å². The Hall–Kier alpha value is -1.18. The first-order valence-electron chi connectivity index (χ1n) is 8.30. The van der Waals surface area contributed by atoms with Crippen molar-refractivity contribution in [1.29, 1.82) is 0 Å². The number of urea groups is 1. The molecule has 2 aliphatic heterocycles. The second kappa shape index (κ2) is 7.15. The summed E-state index contributed by atoms with van der Waals surface area (Å²) in [4.78, 5) is 20.1. The number of likely N-dealkylation sites (tertiary alicyclic amines) is 1. The van der Waals surface area contributed by atoms with E-state index in [-0.39, 0.29) is 17.7 Å². The minimum atomic E-state index is -0.0509. The van der Waals surface area contributed by atoms with Crippen LogP contribution in [-0.4, -0.2) is 66.2 Å². The molecule has 1 aromatic heterocycles. The summed E-state index contributed by atoms with van der Waals surface area (Å²) in [6.45, 7) is 3.57. The van der Waals surface area contributed by atoms with Crippen molar-refractivity contribution in [2.24, 2.45) is 0 Å². The lowest BCUT2D eigenvalue weighted by Gasteiger charge is -2.39. The minimum Gasteiger partial charge on any atom is -0.369 e. The highest BCUT2D eigenvalue weighted by molar-refractivity contribution is 7.09. The smallest absolute Gasteiger partial charge is 0.316 e. The zero-order chi connectivity index (χ0) is 16.3. The van der Waals surface area contributed by atoms with E-state index in [4.69, 9.17) is 4.74 Å². The number of carbonyl (C=O) groups is 1. The maximum atomic E-state index is 11.7. The number of hydrogen-bond acceptors (Lipinski definition) is 5. The molecule has 23 heavy (non-hydrogen) atoms. The Balaban J connectivity index is 1.50. The summed E-state index contributed by atoms with van der Waals surface area (Å²) < 4.78 is 6.42. The molecule has 0 bridgehead atoms. The van der Waals surface area contributed by atoms with E-state index in [0.717, 1.165) is 38.9 Å². The van der Waals surface area contributed by atoms with Crippen LogP contribution in [0.25, 0.3) is 0 Å². The molecule has 0 unspecified atom stereocenters. The predicted molar refractivity (Wildman–Crippen MR) is 90.5 cm³/mol. The highest BCUT2D eigenvalue weighted by Gasteiger charge is 2.43. The molecular weight excluding hydrogens is 312 g/mol. The number of nitrogens with zero attached hydrogens (tertiary/aromatic N) is 3. The van der Waals surface area contributed by atoms with Crippen molar-refractivity contribution in [3.8, 4) is 0 Å². The Kier molecular flexibility index (Phi) is 5.18. The van der Waals surface area contributed by atoms with Gasteiger partial charge in [-0.15, -0.1) is 11.3 Å². The molecule has 0 aliphatic carbocycles. The van der Waals surface area contributed by atoms with Crippen LogP contribution in [0.4, 0.5) is 4.79 Å². The summed E-state index contributed by atoms with van der Waals surface area (Å²) in [7, 11) is 3.51. The SMILES string of the molecule is CN(C)C(=O)NC[C@H]1CCC[C@]2(CCN(Cc3nccs3)C2)O1. The first-order chi connectivity index (χ1) is 11.1. The Morgan fingerprint density at radius 1 is 1.57 bits per heavy atom. The Morgan fingerprint density at radius 2 is 2.43 bits per heavy atom. The molecule has 7 heteroatoms. The van der Waals surface area contributed by atoms with Crippen LogP contribution in [0.3, 0.4) is 0 Å². The predicted octanol–water partition coefficient (Wildman–Crippen LogP) is 1.93.